The highest BCUT2D eigenvalue weighted by molar-refractivity contribution is 7.98. The number of carboxylic acids is 1. The summed E-state index contributed by atoms with van der Waals surface area (Å²) in [6.45, 7) is 1.90. The van der Waals surface area contributed by atoms with Crippen LogP contribution in [0.2, 0.25) is 0 Å². The zero-order valence-electron chi connectivity index (χ0n) is 11.7. The van der Waals surface area contributed by atoms with E-state index in [1.807, 2.05) is 13.0 Å². The highest BCUT2D eigenvalue weighted by Gasteiger charge is 2.15. The first-order valence-corrected chi connectivity index (χ1v) is 7.50. The summed E-state index contributed by atoms with van der Waals surface area (Å²) in [4.78, 5) is 32.2. The second kappa shape index (κ2) is 8.31. The van der Waals surface area contributed by atoms with Crippen molar-refractivity contribution in [2.24, 2.45) is 5.73 Å². The van der Waals surface area contributed by atoms with Crippen LogP contribution in [0.4, 0.5) is 0 Å². The molecule has 2 amide bonds. The molecule has 1 rings (SSSR count). The van der Waals surface area contributed by atoms with Gasteiger partial charge in [0.15, 0.2) is 0 Å². The molecule has 0 bridgehead atoms. The number of carbonyl (C=O) groups excluding carboxylic acids is 2. The van der Waals surface area contributed by atoms with Crippen LogP contribution in [0.5, 0.6) is 0 Å². The van der Waals surface area contributed by atoms with Crippen molar-refractivity contribution in [3.63, 3.8) is 0 Å². The molecule has 7 heteroatoms. The van der Waals surface area contributed by atoms with Gasteiger partial charge in [-0.15, -0.1) is 0 Å². The minimum atomic E-state index is -1.04. The van der Waals surface area contributed by atoms with Gasteiger partial charge >= 0.3 is 5.97 Å². The monoisotopic (exact) mass is 310 g/mol. The Morgan fingerprint density at radius 1 is 1.48 bits per heavy atom. The Kier molecular flexibility index (Phi) is 6.74. The Hall–Kier alpha value is -2.02. The van der Waals surface area contributed by atoms with E-state index in [0.29, 0.717) is 29.9 Å². The number of amides is 2. The highest BCUT2D eigenvalue weighted by Crippen LogP contribution is 2.18. The van der Waals surface area contributed by atoms with Gasteiger partial charge in [0.25, 0.3) is 0 Å². The minimum absolute atomic E-state index is 0.358. The molecule has 1 atom stereocenters. The Bertz CT molecular complexity index is 534. The van der Waals surface area contributed by atoms with Crippen molar-refractivity contribution in [2.75, 3.05) is 5.75 Å². The van der Waals surface area contributed by atoms with Crippen LogP contribution in [0.3, 0.4) is 0 Å². The van der Waals surface area contributed by atoms with Crippen molar-refractivity contribution >= 4 is 30.0 Å². The standard InChI is InChI=1S/C14H18N2O4S/c1-9-6-10(13(15)18)2-3-11(9)7-21-5-4-12(14(19)20)16-8-17/h2-3,6,8,12H,4-5,7H2,1H3,(H2,15,18)(H,16,17)(H,19,20). The lowest BCUT2D eigenvalue weighted by molar-refractivity contribution is -0.140. The number of thioether (sulfide) groups is 1. The molecule has 0 heterocycles. The largest absolute Gasteiger partial charge is 0.480 e. The van der Waals surface area contributed by atoms with Gasteiger partial charge in [-0.1, -0.05) is 6.07 Å². The molecule has 21 heavy (non-hydrogen) atoms. The molecule has 1 aromatic carbocycles. The van der Waals surface area contributed by atoms with Crippen LogP contribution < -0.4 is 11.1 Å². The van der Waals surface area contributed by atoms with Crippen molar-refractivity contribution in [3.8, 4) is 0 Å². The van der Waals surface area contributed by atoms with Crippen LogP contribution >= 0.6 is 11.8 Å². The van der Waals surface area contributed by atoms with Crippen molar-refractivity contribution in [1.82, 2.24) is 5.32 Å². The lowest BCUT2D eigenvalue weighted by Crippen LogP contribution is -2.36. The molecule has 0 spiro atoms. The molecule has 4 N–H and O–H groups in total. The van der Waals surface area contributed by atoms with Crippen LogP contribution in [-0.4, -0.2) is 35.2 Å². The minimum Gasteiger partial charge on any atom is -0.480 e. The molecular formula is C14H18N2O4S. The van der Waals surface area contributed by atoms with E-state index in [4.69, 9.17) is 10.8 Å². The summed E-state index contributed by atoms with van der Waals surface area (Å²) in [5.74, 6) is -0.182. The molecule has 114 valence electrons. The summed E-state index contributed by atoms with van der Waals surface area (Å²) in [5, 5.41) is 11.1. The number of hydrogen-bond donors (Lipinski definition) is 3. The van der Waals surface area contributed by atoms with Crippen LogP contribution in [0.25, 0.3) is 0 Å². The van der Waals surface area contributed by atoms with Gasteiger partial charge < -0.3 is 16.2 Å². The van der Waals surface area contributed by atoms with Crippen molar-refractivity contribution < 1.29 is 19.5 Å². The zero-order valence-corrected chi connectivity index (χ0v) is 12.5. The normalized spacial score (nSPS) is 11.7. The first kappa shape index (κ1) is 17.0. The Morgan fingerprint density at radius 2 is 2.19 bits per heavy atom. The Labute approximate surface area is 127 Å². The molecule has 0 aromatic heterocycles. The van der Waals surface area contributed by atoms with E-state index in [9.17, 15) is 14.4 Å². The summed E-state index contributed by atoms with van der Waals surface area (Å²) in [5.41, 5.74) is 7.73. The van der Waals surface area contributed by atoms with E-state index in [-0.39, 0.29) is 0 Å². The third kappa shape index (κ3) is 5.47. The summed E-state index contributed by atoms with van der Waals surface area (Å²) in [7, 11) is 0. The summed E-state index contributed by atoms with van der Waals surface area (Å²) >= 11 is 1.57. The number of carbonyl (C=O) groups is 3. The maximum Gasteiger partial charge on any atom is 0.326 e. The number of aliphatic carboxylic acids is 1. The molecule has 0 aliphatic heterocycles. The van der Waals surface area contributed by atoms with E-state index in [2.05, 4.69) is 5.32 Å². The van der Waals surface area contributed by atoms with Gasteiger partial charge in [-0.3, -0.25) is 9.59 Å². The van der Waals surface area contributed by atoms with Gasteiger partial charge in [0.1, 0.15) is 6.04 Å². The SMILES string of the molecule is Cc1cc(C(N)=O)ccc1CSCCC(NC=O)C(=O)O. The number of aryl methyl sites for hydroxylation is 1. The smallest absolute Gasteiger partial charge is 0.326 e. The number of primary amides is 1. The molecule has 0 aliphatic carbocycles. The first-order chi connectivity index (χ1) is 9.95. The van der Waals surface area contributed by atoms with Crippen LogP contribution in [0, 0.1) is 6.92 Å². The maximum atomic E-state index is 11.1. The van der Waals surface area contributed by atoms with Gasteiger partial charge in [-0.25, -0.2) is 4.79 Å². The van der Waals surface area contributed by atoms with Gasteiger partial charge in [0.05, 0.1) is 0 Å². The maximum absolute atomic E-state index is 11.1. The number of nitrogens with one attached hydrogen (secondary N) is 1. The number of nitrogens with two attached hydrogens (primary N) is 1. The molecule has 0 saturated heterocycles. The average Bonchev–Trinajstić information content (AvgIpc) is 2.43. The van der Waals surface area contributed by atoms with Crippen LogP contribution in [-0.2, 0) is 15.3 Å². The lowest BCUT2D eigenvalue weighted by Gasteiger charge is -2.11. The van der Waals surface area contributed by atoms with Crippen molar-refractivity contribution in [3.05, 3.63) is 34.9 Å². The lowest BCUT2D eigenvalue weighted by atomic mass is 10.1. The number of benzene rings is 1. The van der Waals surface area contributed by atoms with E-state index < -0.39 is 17.9 Å². The highest BCUT2D eigenvalue weighted by atomic mass is 32.2. The van der Waals surface area contributed by atoms with E-state index in [1.54, 1.807) is 23.9 Å². The second-order valence-corrected chi connectivity index (χ2v) is 5.63. The molecule has 0 fully saturated rings. The summed E-state index contributed by atoms with van der Waals surface area (Å²) < 4.78 is 0. The summed E-state index contributed by atoms with van der Waals surface area (Å²) in [6.07, 6.45) is 0.757. The number of carboxylic acid groups (broad SMARTS) is 1. The predicted molar refractivity (Wildman–Crippen MR) is 81.1 cm³/mol. The van der Waals surface area contributed by atoms with Gasteiger partial charge in [-0.05, 0) is 42.4 Å². The topological polar surface area (TPSA) is 109 Å². The molecule has 1 aromatic rings. The molecule has 1 unspecified atom stereocenters. The summed E-state index contributed by atoms with van der Waals surface area (Å²) in [6, 6.07) is 4.42. The quantitative estimate of drug-likeness (QED) is 0.464. The van der Waals surface area contributed by atoms with Gasteiger partial charge in [0.2, 0.25) is 12.3 Å². The third-order valence-electron chi connectivity index (χ3n) is 3.00. The van der Waals surface area contributed by atoms with Crippen molar-refractivity contribution in [1.29, 1.82) is 0 Å². The Morgan fingerprint density at radius 3 is 2.71 bits per heavy atom. The average molecular weight is 310 g/mol. The fourth-order valence-electron chi connectivity index (χ4n) is 1.75. The Balaban J connectivity index is 2.47. The predicted octanol–water partition coefficient (Wildman–Crippen LogP) is 0.916. The molecule has 6 nitrogen and oxygen atoms in total. The third-order valence-corrected chi connectivity index (χ3v) is 4.04. The fourth-order valence-corrected chi connectivity index (χ4v) is 2.85. The molecular weight excluding hydrogens is 292 g/mol. The number of rotatable bonds is 9. The van der Waals surface area contributed by atoms with E-state index in [1.165, 1.54) is 0 Å². The number of hydrogen-bond acceptors (Lipinski definition) is 4. The van der Waals surface area contributed by atoms with E-state index >= 15 is 0 Å². The first-order valence-electron chi connectivity index (χ1n) is 6.35. The second-order valence-electron chi connectivity index (χ2n) is 4.52. The molecule has 0 aliphatic rings. The van der Waals surface area contributed by atoms with Crippen molar-refractivity contribution in [2.45, 2.75) is 25.1 Å². The van der Waals surface area contributed by atoms with Gasteiger partial charge in [-0.2, -0.15) is 11.8 Å². The van der Waals surface area contributed by atoms with Crippen LogP contribution in [0.15, 0.2) is 18.2 Å². The van der Waals surface area contributed by atoms with Crippen LogP contribution in [0.1, 0.15) is 27.9 Å². The van der Waals surface area contributed by atoms with Gasteiger partial charge in [0, 0.05) is 11.3 Å². The fraction of sp³-hybridized carbons (Fsp3) is 0.357. The molecule has 0 saturated carbocycles. The zero-order chi connectivity index (χ0) is 15.8. The van der Waals surface area contributed by atoms with E-state index in [0.717, 1.165) is 11.1 Å². The molecule has 0 radical (unpaired) electrons.